The molecular weight excluding hydrogens is 525 g/mol. The molecule has 1 saturated heterocycles. The molecule has 6 nitrogen and oxygen atoms in total. The predicted octanol–water partition coefficient (Wildman–Crippen LogP) is 7.30. The summed E-state index contributed by atoms with van der Waals surface area (Å²) in [5, 5.41) is 13.0. The van der Waals surface area contributed by atoms with Crippen molar-refractivity contribution in [1.29, 1.82) is 5.26 Å². The molecule has 1 N–H and O–H groups in total. The third-order valence-corrected chi connectivity index (χ3v) is 8.56. The first-order valence-electron chi connectivity index (χ1n) is 14.1. The second-order valence-corrected chi connectivity index (χ2v) is 11.8. The van der Waals surface area contributed by atoms with Crippen LogP contribution in [0.5, 0.6) is 0 Å². The SMILES string of the molecule is CCCCCCCCCCCCN1C(=O)/C(=C\c2c(C)c(C#N)c(=O)n(C)c2NCc2ccccc2)SC1=S. The zero-order valence-corrected chi connectivity index (χ0v) is 25.1. The largest absolute Gasteiger partial charge is 0.367 e. The molecule has 1 aromatic heterocycles. The van der Waals surface area contributed by atoms with Crippen LogP contribution in [0.4, 0.5) is 5.82 Å². The molecule has 0 atom stereocenters. The van der Waals surface area contributed by atoms with Gasteiger partial charge in [0.15, 0.2) is 0 Å². The number of nitrogens with zero attached hydrogens (tertiary/aromatic N) is 3. The first-order chi connectivity index (χ1) is 18.9. The van der Waals surface area contributed by atoms with Crippen LogP contribution in [0.3, 0.4) is 0 Å². The average molecular weight is 565 g/mol. The lowest BCUT2D eigenvalue weighted by molar-refractivity contribution is -0.122. The summed E-state index contributed by atoms with van der Waals surface area (Å²) in [6.07, 6.45) is 14.1. The number of benzene rings is 1. The van der Waals surface area contributed by atoms with Crippen LogP contribution in [0.15, 0.2) is 40.0 Å². The lowest BCUT2D eigenvalue weighted by atomic mass is 10.0. The Kier molecular flexibility index (Phi) is 12.3. The standard InChI is InChI=1S/C31H40N4O2S2/c1-4-5-6-7-8-9-10-11-12-16-19-35-30(37)27(39-31(35)38)20-25-23(2)26(21-32)29(36)34(3)28(25)33-22-24-17-14-13-15-18-24/h13-15,17-18,20,33H,4-12,16,19,22H2,1-3H3/b27-20+. The Morgan fingerprint density at radius 2 is 1.62 bits per heavy atom. The number of nitriles is 1. The molecule has 2 aromatic rings. The van der Waals surface area contributed by atoms with E-state index in [1.165, 1.54) is 67.7 Å². The van der Waals surface area contributed by atoms with Crippen LogP contribution in [0.2, 0.25) is 0 Å². The zero-order valence-electron chi connectivity index (χ0n) is 23.4. The van der Waals surface area contributed by atoms with E-state index >= 15 is 0 Å². The fraction of sp³-hybridized carbons (Fsp3) is 0.484. The first kappa shape index (κ1) is 30.6. The smallest absolute Gasteiger partial charge is 0.270 e. The van der Waals surface area contributed by atoms with Crippen LogP contribution >= 0.6 is 24.0 Å². The van der Waals surface area contributed by atoms with E-state index < -0.39 is 0 Å². The van der Waals surface area contributed by atoms with E-state index in [9.17, 15) is 14.9 Å². The molecule has 39 heavy (non-hydrogen) atoms. The molecule has 1 amide bonds. The number of aromatic nitrogens is 1. The van der Waals surface area contributed by atoms with Gasteiger partial charge in [-0.3, -0.25) is 19.1 Å². The molecule has 0 saturated carbocycles. The van der Waals surface area contributed by atoms with E-state index in [0.29, 0.717) is 39.3 Å². The molecule has 0 radical (unpaired) electrons. The highest BCUT2D eigenvalue weighted by atomic mass is 32.2. The molecular formula is C31H40N4O2S2. The molecule has 0 unspecified atom stereocenters. The summed E-state index contributed by atoms with van der Waals surface area (Å²) >= 11 is 6.85. The van der Waals surface area contributed by atoms with Crippen molar-refractivity contribution < 1.29 is 4.79 Å². The Morgan fingerprint density at radius 1 is 1.00 bits per heavy atom. The van der Waals surface area contributed by atoms with Crippen LogP contribution in [-0.2, 0) is 18.4 Å². The van der Waals surface area contributed by atoms with Gasteiger partial charge in [0.05, 0.1) is 4.91 Å². The topological polar surface area (TPSA) is 78.1 Å². The van der Waals surface area contributed by atoms with Gasteiger partial charge < -0.3 is 5.32 Å². The molecule has 2 heterocycles. The normalized spacial score (nSPS) is 14.3. The van der Waals surface area contributed by atoms with E-state index in [-0.39, 0.29) is 17.0 Å². The average Bonchev–Trinajstić information content (AvgIpc) is 3.20. The number of hydrogen-bond donors (Lipinski definition) is 1. The van der Waals surface area contributed by atoms with Crippen molar-refractivity contribution in [3.05, 3.63) is 67.8 Å². The summed E-state index contributed by atoms with van der Waals surface area (Å²) in [6.45, 7) is 5.11. The Balaban J connectivity index is 1.68. The Hall–Kier alpha value is -2.89. The predicted molar refractivity (Wildman–Crippen MR) is 167 cm³/mol. The number of thioether (sulfide) groups is 1. The lowest BCUT2D eigenvalue weighted by Gasteiger charge is -2.18. The molecule has 208 valence electrons. The fourth-order valence-corrected chi connectivity index (χ4v) is 6.10. The summed E-state index contributed by atoms with van der Waals surface area (Å²) in [5.74, 6) is 0.460. The highest BCUT2D eigenvalue weighted by Gasteiger charge is 2.32. The first-order valence-corrected chi connectivity index (χ1v) is 15.3. The van der Waals surface area contributed by atoms with Crippen molar-refractivity contribution in [2.75, 3.05) is 11.9 Å². The van der Waals surface area contributed by atoms with Gasteiger partial charge in [-0.1, -0.05) is 119 Å². The van der Waals surface area contributed by atoms with Crippen molar-refractivity contribution in [3.63, 3.8) is 0 Å². The summed E-state index contributed by atoms with van der Waals surface area (Å²) in [5.41, 5.74) is 1.98. The molecule has 0 aliphatic carbocycles. The number of carbonyl (C=O) groups is 1. The second-order valence-electron chi connectivity index (χ2n) is 10.1. The highest BCUT2D eigenvalue weighted by molar-refractivity contribution is 8.26. The summed E-state index contributed by atoms with van der Waals surface area (Å²) in [6, 6.07) is 11.9. The molecule has 1 aliphatic rings. The third kappa shape index (κ3) is 8.30. The molecule has 1 fully saturated rings. The van der Waals surface area contributed by atoms with Gasteiger partial charge in [0, 0.05) is 25.7 Å². The number of nitrogens with one attached hydrogen (secondary N) is 1. The number of thiocarbonyl (C=S) groups is 1. The van der Waals surface area contributed by atoms with Crippen molar-refractivity contribution in [2.45, 2.75) is 84.6 Å². The maximum Gasteiger partial charge on any atom is 0.270 e. The number of hydrogen-bond acceptors (Lipinski definition) is 6. The van der Waals surface area contributed by atoms with Gasteiger partial charge in [-0.05, 0) is 30.5 Å². The number of carbonyl (C=O) groups excluding carboxylic acids is 1. The molecule has 1 aliphatic heterocycles. The number of rotatable bonds is 15. The Morgan fingerprint density at radius 3 is 2.23 bits per heavy atom. The van der Waals surface area contributed by atoms with E-state index in [0.717, 1.165) is 18.4 Å². The molecule has 8 heteroatoms. The Labute approximate surface area is 242 Å². The summed E-state index contributed by atoms with van der Waals surface area (Å²) in [7, 11) is 1.64. The van der Waals surface area contributed by atoms with Crippen LogP contribution in [-0.4, -0.2) is 26.2 Å². The minimum atomic E-state index is -0.365. The van der Waals surface area contributed by atoms with Crippen molar-refractivity contribution in [2.24, 2.45) is 7.05 Å². The summed E-state index contributed by atoms with van der Waals surface area (Å²) < 4.78 is 2.01. The van der Waals surface area contributed by atoms with Crippen LogP contribution in [0, 0.1) is 18.3 Å². The minimum absolute atomic E-state index is 0.0786. The maximum atomic E-state index is 13.3. The minimum Gasteiger partial charge on any atom is -0.367 e. The number of unbranched alkanes of at least 4 members (excludes halogenated alkanes) is 9. The zero-order chi connectivity index (χ0) is 28.2. The van der Waals surface area contributed by atoms with Crippen LogP contribution in [0.25, 0.3) is 6.08 Å². The quantitative estimate of drug-likeness (QED) is 0.139. The van der Waals surface area contributed by atoms with Gasteiger partial charge in [0.25, 0.3) is 11.5 Å². The van der Waals surface area contributed by atoms with Crippen molar-refractivity contribution >= 4 is 46.1 Å². The maximum absolute atomic E-state index is 13.3. The van der Waals surface area contributed by atoms with Gasteiger partial charge in [-0.15, -0.1) is 0 Å². The molecule has 0 bridgehead atoms. The highest BCUT2D eigenvalue weighted by Crippen LogP contribution is 2.35. The third-order valence-electron chi connectivity index (χ3n) is 7.19. The summed E-state index contributed by atoms with van der Waals surface area (Å²) in [4.78, 5) is 28.4. The van der Waals surface area contributed by atoms with Gasteiger partial charge in [-0.2, -0.15) is 5.26 Å². The fourth-order valence-electron chi connectivity index (χ4n) is 4.81. The molecule has 3 rings (SSSR count). The van der Waals surface area contributed by atoms with E-state index in [4.69, 9.17) is 12.2 Å². The van der Waals surface area contributed by atoms with Gasteiger partial charge >= 0.3 is 0 Å². The van der Waals surface area contributed by atoms with Gasteiger partial charge in [-0.25, -0.2) is 0 Å². The molecule has 0 spiro atoms. The number of pyridine rings is 1. The number of amides is 1. The van der Waals surface area contributed by atoms with Crippen molar-refractivity contribution in [3.8, 4) is 6.07 Å². The van der Waals surface area contributed by atoms with E-state index in [1.54, 1.807) is 24.9 Å². The Bertz CT molecular complexity index is 1280. The van der Waals surface area contributed by atoms with E-state index in [1.807, 2.05) is 36.4 Å². The van der Waals surface area contributed by atoms with Gasteiger partial charge in [0.2, 0.25) is 0 Å². The van der Waals surface area contributed by atoms with Crippen molar-refractivity contribution in [1.82, 2.24) is 9.47 Å². The van der Waals surface area contributed by atoms with E-state index in [2.05, 4.69) is 12.2 Å². The lowest BCUT2D eigenvalue weighted by Crippen LogP contribution is -2.29. The molecule has 1 aromatic carbocycles. The van der Waals surface area contributed by atoms with Crippen LogP contribution in [0.1, 0.15) is 93.4 Å². The second kappa shape index (κ2) is 15.6. The number of anilines is 1. The van der Waals surface area contributed by atoms with Crippen LogP contribution < -0.4 is 10.9 Å². The van der Waals surface area contributed by atoms with Gasteiger partial charge in [0.1, 0.15) is 21.8 Å². The monoisotopic (exact) mass is 564 g/mol.